The average Bonchev–Trinajstić information content (AvgIpc) is 3.45. The van der Waals surface area contributed by atoms with Crippen molar-refractivity contribution < 1.29 is 31.1 Å². The number of piperazine rings is 1. The Morgan fingerprint density at radius 3 is 2.62 bits per heavy atom. The lowest BCUT2D eigenvalue weighted by Gasteiger charge is -2.33. The number of hydrogen-bond donors (Lipinski definition) is 1. The molecule has 13 heteroatoms. The minimum Gasteiger partial charge on any atom is -0.348 e. The van der Waals surface area contributed by atoms with Crippen molar-refractivity contribution in [3.05, 3.63) is 69.8 Å². The van der Waals surface area contributed by atoms with Crippen molar-refractivity contribution in [3.63, 3.8) is 0 Å². The summed E-state index contributed by atoms with van der Waals surface area (Å²) in [6, 6.07) is 7.02. The van der Waals surface area contributed by atoms with Gasteiger partial charge in [-0.1, -0.05) is 19.1 Å². The Hall–Kier alpha value is -3.32. The third-order valence-electron chi connectivity index (χ3n) is 6.65. The maximum atomic E-state index is 13.6. The molecular weight excluding hydrogens is 544 g/mol. The molecule has 0 aliphatic carbocycles. The number of carbonyl (C=O) groups is 1. The number of aliphatic imine (C=N–C) groups is 1. The molecule has 0 saturated carbocycles. The Labute approximate surface area is 223 Å². The summed E-state index contributed by atoms with van der Waals surface area (Å²) >= 11 is 1.30. The van der Waals surface area contributed by atoms with Crippen LogP contribution in [0.15, 0.2) is 52.5 Å². The van der Waals surface area contributed by atoms with Crippen molar-refractivity contribution in [2.45, 2.75) is 38.3 Å². The third-order valence-corrected chi connectivity index (χ3v) is 7.70. The average molecular weight is 568 g/mol. The number of carbonyl (C=O) groups excluding carboxylic acids is 1. The van der Waals surface area contributed by atoms with Gasteiger partial charge in [-0.15, -0.1) is 0 Å². The van der Waals surface area contributed by atoms with E-state index in [9.17, 15) is 31.1 Å². The second-order valence-corrected chi connectivity index (χ2v) is 10.3. The lowest BCUT2D eigenvalue weighted by molar-refractivity contribution is -0.143. The van der Waals surface area contributed by atoms with E-state index < -0.39 is 23.5 Å². The van der Waals surface area contributed by atoms with Crippen LogP contribution in [0.1, 0.15) is 35.6 Å². The molecule has 1 amide bonds. The van der Waals surface area contributed by atoms with Crippen LogP contribution in [0.5, 0.6) is 0 Å². The van der Waals surface area contributed by atoms with E-state index in [0.717, 1.165) is 32.1 Å². The molecular formula is C26H23F6N5OS. The van der Waals surface area contributed by atoms with Gasteiger partial charge in [0.25, 0.3) is 5.91 Å². The van der Waals surface area contributed by atoms with Crippen LogP contribution in [0.2, 0.25) is 0 Å². The fourth-order valence-corrected chi connectivity index (χ4v) is 5.54. The normalized spacial score (nSPS) is 19.8. The van der Waals surface area contributed by atoms with Crippen LogP contribution in [-0.2, 0) is 23.7 Å². The highest BCUT2D eigenvalue weighted by molar-refractivity contribution is 8.18. The van der Waals surface area contributed by atoms with Crippen molar-refractivity contribution in [1.82, 2.24) is 20.0 Å². The molecule has 1 fully saturated rings. The predicted molar refractivity (Wildman–Crippen MR) is 137 cm³/mol. The summed E-state index contributed by atoms with van der Waals surface area (Å²) in [6.45, 7) is 4.05. The number of nitrogens with zero attached hydrogens (tertiary/aromatic N) is 4. The van der Waals surface area contributed by atoms with Crippen LogP contribution in [0.25, 0.3) is 17.0 Å². The Kier molecular flexibility index (Phi) is 7.23. The highest BCUT2D eigenvalue weighted by atomic mass is 32.2. The monoisotopic (exact) mass is 567 g/mol. The summed E-state index contributed by atoms with van der Waals surface area (Å²) in [5.74, 6) is -0.334. The number of hydrogen-bond acceptors (Lipinski definition) is 5. The molecule has 2 aromatic carbocycles. The van der Waals surface area contributed by atoms with E-state index in [1.807, 2.05) is 0 Å². The van der Waals surface area contributed by atoms with Gasteiger partial charge in [0.15, 0.2) is 5.17 Å². The van der Waals surface area contributed by atoms with Gasteiger partial charge in [0.05, 0.1) is 34.3 Å². The van der Waals surface area contributed by atoms with Crippen molar-refractivity contribution in [3.8, 4) is 0 Å². The second kappa shape index (κ2) is 10.3. The molecule has 1 N–H and O–H groups in total. The second-order valence-electron chi connectivity index (χ2n) is 9.30. The Morgan fingerprint density at radius 2 is 1.90 bits per heavy atom. The van der Waals surface area contributed by atoms with Gasteiger partial charge in [0.2, 0.25) is 0 Å². The first-order chi connectivity index (χ1) is 18.4. The SMILES string of the molecule is CCC1CN(C2=NC(=O)C(=Cc3ccc4c(cnn4Cc4ccc(C(F)(F)F)cc4C(F)(F)F)c3)S2)CCN1. The molecule has 1 atom stereocenters. The van der Waals surface area contributed by atoms with Gasteiger partial charge in [-0.2, -0.15) is 36.4 Å². The zero-order valence-electron chi connectivity index (χ0n) is 20.6. The van der Waals surface area contributed by atoms with Crippen molar-refractivity contribution in [2.75, 3.05) is 19.6 Å². The number of alkyl halides is 6. The summed E-state index contributed by atoms with van der Waals surface area (Å²) in [4.78, 5) is 19.3. The Bertz CT molecular complexity index is 1480. The number of halogens is 6. The molecule has 0 spiro atoms. The highest BCUT2D eigenvalue weighted by Gasteiger charge is 2.38. The van der Waals surface area contributed by atoms with E-state index in [1.54, 1.807) is 24.3 Å². The Morgan fingerprint density at radius 1 is 1.10 bits per heavy atom. The van der Waals surface area contributed by atoms with Crippen LogP contribution >= 0.6 is 11.8 Å². The number of fused-ring (bicyclic) bond motifs is 1. The van der Waals surface area contributed by atoms with Gasteiger partial charge in [-0.3, -0.25) is 9.48 Å². The van der Waals surface area contributed by atoms with Gasteiger partial charge in [-0.05, 0) is 59.7 Å². The van der Waals surface area contributed by atoms with E-state index in [4.69, 9.17) is 0 Å². The van der Waals surface area contributed by atoms with E-state index in [1.165, 1.54) is 22.6 Å². The van der Waals surface area contributed by atoms with Crippen molar-refractivity contribution in [2.24, 2.45) is 4.99 Å². The summed E-state index contributed by atoms with van der Waals surface area (Å²) < 4.78 is 81.0. The minimum atomic E-state index is -4.96. The molecule has 206 valence electrons. The van der Waals surface area contributed by atoms with Gasteiger partial charge >= 0.3 is 12.4 Å². The van der Waals surface area contributed by atoms with E-state index in [0.29, 0.717) is 38.6 Å². The molecule has 6 nitrogen and oxygen atoms in total. The largest absolute Gasteiger partial charge is 0.416 e. The lowest BCUT2D eigenvalue weighted by Crippen LogP contribution is -2.51. The quantitative estimate of drug-likeness (QED) is 0.320. The number of amidine groups is 1. The van der Waals surface area contributed by atoms with Gasteiger partial charge in [-0.25, -0.2) is 0 Å². The van der Waals surface area contributed by atoms with Gasteiger partial charge < -0.3 is 10.2 Å². The number of nitrogens with one attached hydrogen (secondary N) is 1. The maximum Gasteiger partial charge on any atom is 0.416 e. The lowest BCUT2D eigenvalue weighted by atomic mass is 10.0. The minimum absolute atomic E-state index is 0.126. The number of aromatic nitrogens is 2. The molecule has 1 saturated heterocycles. The van der Waals surface area contributed by atoms with Gasteiger partial charge in [0.1, 0.15) is 0 Å². The molecule has 1 aromatic heterocycles. The standard InChI is InChI=1S/C26H23F6N5OS/c1-2-19-14-36(8-7-33-19)24-35-23(38)22(39-24)10-15-3-6-21-17(9-15)12-34-37(21)13-16-4-5-18(25(27,28)29)11-20(16)26(30,31)32/h3-6,9-12,19,33H,2,7-8,13-14H2,1H3. The number of benzene rings is 2. The molecule has 3 heterocycles. The molecule has 0 bridgehead atoms. The van der Waals surface area contributed by atoms with Crippen molar-refractivity contribution in [1.29, 1.82) is 0 Å². The fourth-order valence-electron chi connectivity index (χ4n) is 4.59. The summed E-state index contributed by atoms with van der Waals surface area (Å²) in [6.07, 6.45) is -5.72. The first kappa shape index (κ1) is 27.3. The molecule has 5 rings (SSSR count). The highest BCUT2D eigenvalue weighted by Crippen LogP contribution is 2.38. The summed E-state index contributed by atoms with van der Waals surface area (Å²) in [5.41, 5.74) is -1.87. The van der Waals surface area contributed by atoms with E-state index >= 15 is 0 Å². The van der Waals surface area contributed by atoms with E-state index in [-0.39, 0.29) is 24.1 Å². The number of amides is 1. The molecule has 2 aliphatic rings. The smallest absolute Gasteiger partial charge is 0.348 e. The molecule has 2 aliphatic heterocycles. The maximum absolute atomic E-state index is 13.6. The predicted octanol–water partition coefficient (Wildman–Crippen LogP) is 5.78. The first-order valence-electron chi connectivity index (χ1n) is 12.2. The number of thioether (sulfide) groups is 1. The molecule has 3 aromatic rings. The van der Waals surface area contributed by atoms with Crippen LogP contribution in [0, 0.1) is 0 Å². The molecule has 39 heavy (non-hydrogen) atoms. The van der Waals surface area contributed by atoms with Gasteiger partial charge in [0, 0.05) is 31.1 Å². The van der Waals surface area contributed by atoms with Crippen LogP contribution in [0.3, 0.4) is 0 Å². The topological polar surface area (TPSA) is 62.5 Å². The summed E-state index contributed by atoms with van der Waals surface area (Å²) in [7, 11) is 0. The fraction of sp³-hybridized carbons (Fsp3) is 0.346. The molecule has 1 unspecified atom stereocenters. The third kappa shape index (κ3) is 5.83. The summed E-state index contributed by atoms with van der Waals surface area (Å²) in [5, 5.41) is 8.85. The van der Waals surface area contributed by atoms with Crippen molar-refractivity contribution >= 4 is 39.8 Å². The zero-order valence-corrected chi connectivity index (χ0v) is 21.4. The molecule has 0 radical (unpaired) electrons. The Balaban J connectivity index is 1.36. The van der Waals surface area contributed by atoms with Crippen LogP contribution in [0.4, 0.5) is 26.3 Å². The first-order valence-corrected chi connectivity index (χ1v) is 13.0. The number of rotatable bonds is 4. The zero-order chi connectivity index (χ0) is 27.9. The van der Waals surface area contributed by atoms with Crippen LogP contribution in [-0.4, -0.2) is 51.4 Å². The van der Waals surface area contributed by atoms with Crippen LogP contribution < -0.4 is 5.32 Å². The van der Waals surface area contributed by atoms with E-state index in [2.05, 4.69) is 27.2 Å².